The van der Waals surface area contributed by atoms with E-state index >= 15 is 0 Å². The maximum Gasteiger partial charge on any atom is 0.153 e. The van der Waals surface area contributed by atoms with Crippen LogP contribution in [0.2, 0.25) is 0 Å². The Morgan fingerprint density at radius 2 is 2.23 bits per heavy atom. The zero-order chi connectivity index (χ0) is 9.84. The van der Waals surface area contributed by atoms with E-state index < -0.39 is 0 Å². The van der Waals surface area contributed by atoms with Gasteiger partial charge in [0.05, 0.1) is 6.54 Å². The Labute approximate surface area is 79.4 Å². The van der Waals surface area contributed by atoms with Gasteiger partial charge in [-0.3, -0.25) is 4.90 Å². The summed E-state index contributed by atoms with van der Waals surface area (Å²) in [4.78, 5) is 2.24. The molecule has 1 aliphatic carbocycles. The van der Waals surface area contributed by atoms with Gasteiger partial charge in [-0.05, 0) is 32.6 Å². The van der Waals surface area contributed by atoms with Gasteiger partial charge in [-0.1, -0.05) is 5.16 Å². The van der Waals surface area contributed by atoms with E-state index in [4.69, 9.17) is 10.9 Å². The van der Waals surface area contributed by atoms with Crippen LogP contribution >= 0.6 is 0 Å². The van der Waals surface area contributed by atoms with Gasteiger partial charge in [-0.15, -0.1) is 0 Å². The Bertz CT molecular complexity index is 187. The first-order valence-corrected chi connectivity index (χ1v) is 4.84. The van der Waals surface area contributed by atoms with Crippen LogP contribution in [0, 0.1) is 5.92 Å². The van der Waals surface area contributed by atoms with Crippen LogP contribution in [0.1, 0.15) is 26.7 Å². The van der Waals surface area contributed by atoms with E-state index in [-0.39, 0.29) is 0 Å². The van der Waals surface area contributed by atoms with Gasteiger partial charge in [0, 0.05) is 12.6 Å². The summed E-state index contributed by atoms with van der Waals surface area (Å²) < 4.78 is 0. The summed E-state index contributed by atoms with van der Waals surface area (Å²) in [6.45, 7) is 5.92. The highest BCUT2D eigenvalue weighted by Crippen LogP contribution is 2.30. The Hall–Kier alpha value is -0.770. The summed E-state index contributed by atoms with van der Waals surface area (Å²) >= 11 is 0. The van der Waals surface area contributed by atoms with Gasteiger partial charge >= 0.3 is 0 Å². The zero-order valence-corrected chi connectivity index (χ0v) is 8.40. The van der Waals surface area contributed by atoms with Crippen molar-refractivity contribution in [3.63, 3.8) is 0 Å². The lowest BCUT2D eigenvalue weighted by molar-refractivity contribution is 0.237. The summed E-state index contributed by atoms with van der Waals surface area (Å²) in [6, 6.07) is 0.459. The SMILES string of the molecule is CC(C)N(CC(N)=NO)CC1CC1. The third-order valence-corrected chi connectivity index (χ3v) is 2.41. The average molecular weight is 185 g/mol. The zero-order valence-electron chi connectivity index (χ0n) is 8.40. The molecule has 0 spiro atoms. The molecule has 0 aromatic rings. The Balaban J connectivity index is 2.36. The average Bonchev–Trinajstić information content (AvgIpc) is 2.86. The van der Waals surface area contributed by atoms with Crippen LogP contribution in [0.25, 0.3) is 0 Å². The van der Waals surface area contributed by atoms with Crippen molar-refractivity contribution in [2.45, 2.75) is 32.7 Å². The number of nitrogens with zero attached hydrogens (tertiary/aromatic N) is 2. The maximum atomic E-state index is 8.45. The normalized spacial score (nSPS) is 18.6. The standard InChI is InChI=1S/C9H19N3O/c1-7(2)12(5-8-3-4-8)6-9(10)11-13/h7-8,13H,3-6H2,1-2H3,(H2,10,11). The second-order valence-corrected chi connectivity index (χ2v) is 4.06. The first-order valence-electron chi connectivity index (χ1n) is 4.84. The van der Waals surface area contributed by atoms with Crippen LogP contribution in [-0.4, -0.2) is 35.1 Å². The molecule has 1 saturated carbocycles. The predicted molar refractivity (Wildman–Crippen MR) is 52.8 cm³/mol. The quantitative estimate of drug-likeness (QED) is 0.289. The number of nitrogens with two attached hydrogens (primary N) is 1. The highest BCUT2D eigenvalue weighted by atomic mass is 16.4. The maximum absolute atomic E-state index is 8.45. The van der Waals surface area contributed by atoms with Crippen LogP contribution < -0.4 is 5.73 Å². The lowest BCUT2D eigenvalue weighted by Crippen LogP contribution is -2.39. The fourth-order valence-electron chi connectivity index (χ4n) is 1.33. The van der Waals surface area contributed by atoms with E-state index in [1.807, 2.05) is 0 Å². The van der Waals surface area contributed by atoms with E-state index in [2.05, 4.69) is 23.9 Å². The van der Waals surface area contributed by atoms with Crippen molar-refractivity contribution in [2.24, 2.45) is 16.8 Å². The number of rotatable bonds is 5. The summed E-state index contributed by atoms with van der Waals surface area (Å²) in [7, 11) is 0. The van der Waals surface area contributed by atoms with Crippen molar-refractivity contribution in [3.05, 3.63) is 0 Å². The molecule has 1 aliphatic rings. The molecule has 1 rings (SSSR count). The number of amidine groups is 1. The molecule has 76 valence electrons. The second-order valence-electron chi connectivity index (χ2n) is 4.06. The lowest BCUT2D eigenvalue weighted by Gasteiger charge is -2.25. The van der Waals surface area contributed by atoms with E-state index in [0.29, 0.717) is 18.4 Å². The lowest BCUT2D eigenvalue weighted by atomic mass is 10.2. The van der Waals surface area contributed by atoms with Crippen LogP contribution in [0.5, 0.6) is 0 Å². The predicted octanol–water partition coefficient (Wildman–Crippen LogP) is 0.853. The van der Waals surface area contributed by atoms with Crippen molar-refractivity contribution in [2.75, 3.05) is 13.1 Å². The molecule has 1 fully saturated rings. The van der Waals surface area contributed by atoms with Crippen molar-refractivity contribution < 1.29 is 5.21 Å². The molecule has 0 saturated heterocycles. The molecular formula is C9H19N3O. The minimum atomic E-state index is 0.300. The molecule has 4 heteroatoms. The number of oxime groups is 1. The van der Waals surface area contributed by atoms with Gasteiger partial charge in [0.15, 0.2) is 5.84 Å². The summed E-state index contributed by atoms with van der Waals surface area (Å²) in [5, 5.41) is 11.4. The van der Waals surface area contributed by atoms with Crippen LogP contribution in [0.3, 0.4) is 0 Å². The van der Waals surface area contributed by atoms with E-state index in [9.17, 15) is 0 Å². The van der Waals surface area contributed by atoms with Crippen molar-refractivity contribution in [1.29, 1.82) is 0 Å². The molecular weight excluding hydrogens is 166 g/mol. The monoisotopic (exact) mass is 185 g/mol. The van der Waals surface area contributed by atoms with Crippen LogP contribution in [0.15, 0.2) is 5.16 Å². The smallest absolute Gasteiger partial charge is 0.153 e. The Morgan fingerprint density at radius 1 is 1.62 bits per heavy atom. The summed E-state index contributed by atoms with van der Waals surface area (Å²) in [5.74, 6) is 1.14. The van der Waals surface area contributed by atoms with Crippen LogP contribution in [0.4, 0.5) is 0 Å². The van der Waals surface area contributed by atoms with Crippen LogP contribution in [-0.2, 0) is 0 Å². The van der Waals surface area contributed by atoms with E-state index in [0.717, 1.165) is 12.5 Å². The molecule has 0 aliphatic heterocycles. The van der Waals surface area contributed by atoms with E-state index in [1.54, 1.807) is 0 Å². The highest BCUT2D eigenvalue weighted by Gasteiger charge is 2.25. The first kappa shape index (κ1) is 10.3. The minimum absolute atomic E-state index is 0.300. The molecule has 0 aromatic carbocycles. The molecule has 4 nitrogen and oxygen atoms in total. The fraction of sp³-hybridized carbons (Fsp3) is 0.889. The van der Waals surface area contributed by atoms with Crippen molar-refractivity contribution in [3.8, 4) is 0 Å². The van der Waals surface area contributed by atoms with Gasteiger partial charge in [0.1, 0.15) is 0 Å². The van der Waals surface area contributed by atoms with Gasteiger partial charge in [-0.2, -0.15) is 0 Å². The van der Waals surface area contributed by atoms with Gasteiger partial charge in [-0.25, -0.2) is 0 Å². The minimum Gasteiger partial charge on any atom is -0.409 e. The van der Waals surface area contributed by atoms with Gasteiger partial charge < -0.3 is 10.9 Å². The number of hydrogen-bond donors (Lipinski definition) is 2. The van der Waals surface area contributed by atoms with Gasteiger partial charge in [0.25, 0.3) is 0 Å². The molecule has 3 N–H and O–H groups in total. The van der Waals surface area contributed by atoms with Gasteiger partial charge in [0.2, 0.25) is 0 Å². The third kappa shape index (κ3) is 3.63. The molecule has 0 aromatic heterocycles. The Kier molecular flexibility index (Phi) is 3.54. The van der Waals surface area contributed by atoms with E-state index in [1.165, 1.54) is 12.8 Å². The molecule has 0 atom stereocenters. The summed E-state index contributed by atoms with van der Waals surface area (Å²) in [6.07, 6.45) is 2.67. The number of hydrogen-bond acceptors (Lipinski definition) is 3. The molecule has 0 amide bonds. The largest absolute Gasteiger partial charge is 0.409 e. The molecule has 0 bridgehead atoms. The Morgan fingerprint density at radius 3 is 2.62 bits per heavy atom. The first-order chi connectivity index (χ1) is 6.13. The summed E-state index contributed by atoms with van der Waals surface area (Å²) in [5.41, 5.74) is 5.47. The molecule has 0 heterocycles. The molecule has 0 unspecified atom stereocenters. The topological polar surface area (TPSA) is 61.8 Å². The third-order valence-electron chi connectivity index (χ3n) is 2.41. The molecule has 13 heavy (non-hydrogen) atoms. The fourth-order valence-corrected chi connectivity index (χ4v) is 1.33. The highest BCUT2D eigenvalue weighted by molar-refractivity contribution is 5.81. The second kappa shape index (κ2) is 4.46. The molecule has 0 radical (unpaired) electrons. The van der Waals surface area contributed by atoms with Crippen molar-refractivity contribution in [1.82, 2.24) is 4.90 Å². The van der Waals surface area contributed by atoms with Crippen molar-refractivity contribution >= 4 is 5.84 Å².